The SMILES string of the molecule is CCC1(CC)CCN(CC(NC)C(=O)O)C1. The number of nitrogens with zero attached hydrogens (tertiary/aromatic N) is 1. The van der Waals surface area contributed by atoms with Crippen LogP contribution in [0.25, 0.3) is 0 Å². The van der Waals surface area contributed by atoms with E-state index in [1.54, 1.807) is 7.05 Å². The topological polar surface area (TPSA) is 52.6 Å². The van der Waals surface area contributed by atoms with Gasteiger partial charge in [-0.05, 0) is 38.3 Å². The third kappa shape index (κ3) is 2.95. The van der Waals surface area contributed by atoms with E-state index < -0.39 is 12.0 Å². The highest BCUT2D eigenvalue weighted by Crippen LogP contribution is 2.36. The lowest BCUT2D eigenvalue weighted by atomic mass is 9.82. The van der Waals surface area contributed by atoms with Crippen molar-refractivity contribution >= 4 is 5.97 Å². The van der Waals surface area contributed by atoms with Crippen LogP contribution in [0.15, 0.2) is 0 Å². The maximum absolute atomic E-state index is 10.9. The molecule has 4 heteroatoms. The van der Waals surface area contributed by atoms with Gasteiger partial charge in [0.15, 0.2) is 0 Å². The number of likely N-dealkylation sites (tertiary alicyclic amines) is 1. The van der Waals surface area contributed by atoms with Crippen LogP contribution in [0.2, 0.25) is 0 Å². The Kier molecular flexibility index (Phi) is 4.74. The van der Waals surface area contributed by atoms with Crippen molar-refractivity contribution in [2.24, 2.45) is 5.41 Å². The minimum Gasteiger partial charge on any atom is -0.480 e. The zero-order chi connectivity index (χ0) is 12.2. The third-order valence-corrected chi connectivity index (χ3v) is 4.10. The van der Waals surface area contributed by atoms with E-state index in [1.165, 1.54) is 19.3 Å². The number of likely N-dealkylation sites (N-methyl/N-ethyl adjacent to an activating group) is 1. The average Bonchev–Trinajstić information content (AvgIpc) is 2.69. The number of carbonyl (C=O) groups is 1. The van der Waals surface area contributed by atoms with Gasteiger partial charge in [0.1, 0.15) is 6.04 Å². The minimum atomic E-state index is -0.756. The molecule has 16 heavy (non-hydrogen) atoms. The second-order valence-electron chi connectivity index (χ2n) is 4.87. The first-order chi connectivity index (χ1) is 7.56. The van der Waals surface area contributed by atoms with E-state index in [0.717, 1.165) is 13.1 Å². The summed E-state index contributed by atoms with van der Waals surface area (Å²) in [4.78, 5) is 13.2. The van der Waals surface area contributed by atoms with Gasteiger partial charge in [0, 0.05) is 13.1 Å². The predicted octanol–water partition coefficient (Wildman–Crippen LogP) is 1.17. The van der Waals surface area contributed by atoms with E-state index in [9.17, 15) is 4.79 Å². The molecule has 0 bridgehead atoms. The Morgan fingerprint density at radius 1 is 1.50 bits per heavy atom. The van der Waals surface area contributed by atoms with Crippen molar-refractivity contribution in [2.45, 2.75) is 39.2 Å². The summed E-state index contributed by atoms with van der Waals surface area (Å²) >= 11 is 0. The Hall–Kier alpha value is -0.610. The molecule has 0 amide bonds. The highest BCUT2D eigenvalue weighted by Gasteiger charge is 2.36. The second-order valence-corrected chi connectivity index (χ2v) is 4.87. The highest BCUT2D eigenvalue weighted by molar-refractivity contribution is 5.73. The van der Waals surface area contributed by atoms with E-state index >= 15 is 0 Å². The van der Waals surface area contributed by atoms with Gasteiger partial charge in [-0.3, -0.25) is 4.79 Å². The molecule has 2 N–H and O–H groups in total. The van der Waals surface area contributed by atoms with Crippen LogP contribution < -0.4 is 5.32 Å². The molecule has 0 aromatic carbocycles. The van der Waals surface area contributed by atoms with Crippen LogP contribution in [-0.4, -0.2) is 48.7 Å². The molecule has 0 radical (unpaired) electrons. The molecule has 1 rings (SSSR count). The van der Waals surface area contributed by atoms with Crippen LogP contribution in [0.3, 0.4) is 0 Å². The molecule has 1 atom stereocenters. The molecule has 0 saturated carbocycles. The minimum absolute atomic E-state index is 0.427. The van der Waals surface area contributed by atoms with Crippen molar-refractivity contribution in [3.63, 3.8) is 0 Å². The van der Waals surface area contributed by atoms with E-state index in [0.29, 0.717) is 12.0 Å². The van der Waals surface area contributed by atoms with E-state index in [4.69, 9.17) is 5.11 Å². The first-order valence-electron chi connectivity index (χ1n) is 6.19. The Morgan fingerprint density at radius 3 is 2.50 bits per heavy atom. The Morgan fingerprint density at radius 2 is 2.12 bits per heavy atom. The van der Waals surface area contributed by atoms with Gasteiger partial charge in [0.2, 0.25) is 0 Å². The first-order valence-corrected chi connectivity index (χ1v) is 6.19. The van der Waals surface area contributed by atoms with Gasteiger partial charge in [-0.25, -0.2) is 0 Å². The predicted molar refractivity (Wildman–Crippen MR) is 64.6 cm³/mol. The van der Waals surface area contributed by atoms with E-state index in [1.807, 2.05) is 0 Å². The fourth-order valence-electron chi connectivity index (χ4n) is 2.56. The van der Waals surface area contributed by atoms with Crippen LogP contribution in [-0.2, 0) is 4.79 Å². The molecule has 4 nitrogen and oxygen atoms in total. The summed E-state index contributed by atoms with van der Waals surface area (Å²) in [6.07, 6.45) is 3.59. The second kappa shape index (κ2) is 5.64. The number of hydrogen-bond donors (Lipinski definition) is 2. The average molecular weight is 228 g/mol. The van der Waals surface area contributed by atoms with Crippen molar-refractivity contribution in [3.05, 3.63) is 0 Å². The number of carboxylic acids is 1. The summed E-state index contributed by atoms with van der Waals surface area (Å²) in [5.41, 5.74) is 0.427. The quantitative estimate of drug-likeness (QED) is 0.716. The van der Waals surface area contributed by atoms with Crippen LogP contribution >= 0.6 is 0 Å². The van der Waals surface area contributed by atoms with Crippen LogP contribution in [0, 0.1) is 5.41 Å². The molecule has 0 aromatic heterocycles. The van der Waals surface area contributed by atoms with Gasteiger partial charge in [-0.1, -0.05) is 13.8 Å². The van der Waals surface area contributed by atoms with Gasteiger partial charge in [-0.15, -0.1) is 0 Å². The molecule has 1 heterocycles. The summed E-state index contributed by atoms with van der Waals surface area (Å²) in [6, 6.07) is -0.440. The summed E-state index contributed by atoms with van der Waals surface area (Å²) in [7, 11) is 1.71. The lowest BCUT2D eigenvalue weighted by Crippen LogP contribution is -2.44. The molecule has 1 aliphatic rings. The summed E-state index contributed by atoms with van der Waals surface area (Å²) in [6.45, 7) is 7.17. The van der Waals surface area contributed by atoms with E-state index in [2.05, 4.69) is 24.1 Å². The van der Waals surface area contributed by atoms with Gasteiger partial charge < -0.3 is 15.3 Å². The van der Waals surface area contributed by atoms with Crippen molar-refractivity contribution in [1.29, 1.82) is 0 Å². The zero-order valence-electron chi connectivity index (χ0n) is 10.6. The molecule has 1 fully saturated rings. The smallest absolute Gasteiger partial charge is 0.322 e. The van der Waals surface area contributed by atoms with Gasteiger partial charge in [0.25, 0.3) is 0 Å². The van der Waals surface area contributed by atoms with Gasteiger partial charge >= 0.3 is 5.97 Å². The Labute approximate surface area is 98.0 Å². The molecule has 94 valence electrons. The summed E-state index contributed by atoms with van der Waals surface area (Å²) < 4.78 is 0. The standard InChI is InChI=1S/C12H24N2O2/c1-4-12(5-2)6-7-14(9-12)8-10(13-3)11(15)16/h10,13H,4-9H2,1-3H3,(H,15,16). The number of rotatable bonds is 6. The zero-order valence-corrected chi connectivity index (χ0v) is 10.6. The largest absolute Gasteiger partial charge is 0.480 e. The van der Waals surface area contributed by atoms with Crippen LogP contribution in [0.4, 0.5) is 0 Å². The van der Waals surface area contributed by atoms with Crippen molar-refractivity contribution in [2.75, 3.05) is 26.7 Å². The number of hydrogen-bond acceptors (Lipinski definition) is 3. The Bertz CT molecular complexity index is 239. The molecular formula is C12H24N2O2. The molecule has 0 aliphatic carbocycles. The first kappa shape index (κ1) is 13.5. The number of nitrogens with one attached hydrogen (secondary N) is 1. The lowest BCUT2D eigenvalue weighted by Gasteiger charge is -2.27. The maximum Gasteiger partial charge on any atom is 0.322 e. The molecule has 1 saturated heterocycles. The third-order valence-electron chi connectivity index (χ3n) is 4.10. The molecule has 0 spiro atoms. The van der Waals surface area contributed by atoms with Crippen LogP contribution in [0.5, 0.6) is 0 Å². The lowest BCUT2D eigenvalue weighted by molar-refractivity contribution is -0.139. The maximum atomic E-state index is 10.9. The summed E-state index contributed by atoms with van der Waals surface area (Å²) in [5.74, 6) is -0.756. The number of aliphatic carboxylic acids is 1. The van der Waals surface area contributed by atoms with Gasteiger partial charge in [0.05, 0.1) is 0 Å². The molecule has 0 aromatic rings. The molecule has 1 unspecified atom stereocenters. The molecule has 1 aliphatic heterocycles. The number of carboxylic acid groups (broad SMARTS) is 1. The van der Waals surface area contributed by atoms with Crippen molar-refractivity contribution in [1.82, 2.24) is 10.2 Å². The fourth-order valence-corrected chi connectivity index (χ4v) is 2.56. The van der Waals surface area contributed by atoms with Crippen LogP contribution in [0.1, 0.15) is 33.1 Å². The highest BCUT2D eigenvalue weighted by atomic mass is 16.4. The molecular weight excluding hydrogens is 204 g/mol. The van der Waals surface area contributed by atoms with Gasteiger partial charge in [-0.2, -0.15) is 0 Å². The monoisotopic (exact) mass is 228 g/mol. The van der Waals surface area contributed by atoms with E-state index in [-0.39, 0.29) is 0 Å². The summed E-state index contributed by atoms with van der Waals surface area (Å²) in [5, 5.41) is 11.8. The van der Waals surface area contributed by atoms with Crippen molar-refractivity contribution < 1.29 is 9.90 Å². The normalized spacial score (nSPS) is 22.2. The van der Waals surface area contributed by atoms with Crippen molar-refractivity contribution in [3.8, 4) is 0 Å². The Balaban J connectivity index is 2.50. The fraction of sp³-hybridized carbons (Fsp3) is 0.917.